The fourth-order valence-electron chi connectivity index (χ4n) is 3.27. The fourth-order valence-corrected chi connectivity index (χ4v) is 3.27. The van der Waals surface area contributed by atoms with Crippen molar-refractivity contribution in [2.75, 3.05) is 18.0 Å². The second-order valence-corrected chi connectivity index (χ2v) is 7.92. The van der Waals surface area contributed by atoms with Gasteiger partial charge in [-0.3, -0.25) is 4.98 Å². The molecule has 1 aromatic heterocycles. The van der Waals surface area contributed by atoms with Crippen molar-refractivity contribution in [2.24, 2.45) is 0 Å². The molecule has 27 heavy (non-hydrogen) atoms. The number of carbonyl (C=O) groups is 1. The van der Waals surface area contributed by atoms with Crippen LogP contribution in [0.25, 0.3) is 10.9 Å². The number of anilines is 1. The normalized spacial score (nSPS) is 20.6. The van der Waals surface area contributed by atoms with Crippen LogP contribution >= 0.6 is 0 Å². The number of carbonyl (C=O) groups excluding carboxylic acids is 1. The highest BCUT2D eigenvalue weighted by atomic mass is 19.1. The van der Waals surface area contributed by atoms with Gasteiger partial charge >= 0.3 is 6.09 Å². The van der Waals surface area contributed by atoms with E-state index in [0.717, 1.165) is 5.69 Å². The Hall–Kier alpha value is -2.44. The molecule has 3 rings (SSSR count). The van der Waals surface area contributed by atoms with E-state index in [4.69, 9.17) is 4.74 Å². The van der Waals surface area contributed by atoms with Crippen LogP contribution < -0.4 is 10.2 Å². The Morgan fingerprint density at radius 3 is 2.70 bits per heavy atom. The SMILES string of the molecule is Cc1ccc2c(F)ccc(N3CC[C@H](NC(=O)OC(C)(C)C)[C@@H](F)C3)c2n1. The largest absolute Gasteiger partial charge is 0.444 e. The van der Waals surface area contributed by atoms with E-state index in [1.807, 2.05) is 11.8 Å². The molecule has 5 nitrogen and oxygen atoms in total. The number of aryl methyl sites for hydroxylation is 1. The highest BCUT2D eigenvalue weighted by Crippen LogP contribution is 2.30. The average molecular weight is 377 g/mol. The standard InChI is InChI=1S/C20H25F2N3O2/c1-12-5-6-13-14(21)7-8-17(18(13)23-12)25-10-9-16(15(22)11-25)24-19(26)27-20(2,3)4/h5-8,15-16H,9-11H2,1-4H3,(H,24,26)/t15-,16-/m0/s1. The van der Waals surface area contributed by atoms with Crippen LogP contribution in [0.1, 0.15) is 32.9 Å². The van der Waals surface area contributed by atoms with E-state index in [0.29, 0.717) is 29.6 Å². The summed E-state index contributed by atoms with van der Waals surface area (Å²) < 4.78 is 34.0. The minimum absolute atomic E-state index is 0.0941. The van der Waals surface area contributed by atoms with Crippen molar-refractivity contribution in [3.8, 4) is 0 Å². The second-order valence-electron chi connectivity index (χ2n) is 7.92. The zero-order valence-electron chi connectivity index (χ0n) is 16.1. The molecule has 0 spiro atoms. The smallest absolute Gasteiger partial charge is 0.407 e. The molecule has 1 aromatic carbocycles. The summed E-state index contributed by atoms with van der Waals surface area (Å²) in [5.74, 6) is -0.348. The summed E-state index contributed by atoms with van der Waals surface area (Å²) in [7, 11) is 0. The summed E-state index contributed by atoms with van der Waals surface area (Å²) in [4.78, 5) is 18.2. The van der Waals surface area contributed by atoms with E-state index in [-0.39, 0.29) is 12.4 Å². The van der Waals surface area contributed by atoms with Crippen molar-refractivity contribution >= 4 is 22.7 Å². The van der Waals surface area contributed by atoms with E-state index in [1.165, 1.54) is 6.07 Å². The van der Waals surface area contributed by atoms with Crippen molar-refractivity contribution < 1.29 is 18.3 Å². The Labute approximate surface area is 157 Å². The van der Waals surface area contributed by atoms with Crippen LogP contribution in [0.15, 0.2) is 24.3 Å². The molecule has 2 aromatic rings. The third-order valence-corrected chi connectivity index (χ3v) is 4.51. The van der Waals surface area contributed by atoms with Gasteiger partial charge in [0, 0.05) is 17.6 Å². The molecular weight excluding hydrogens is 352 g/mol. The Balaban J connectivity index is 1.75. The van der Waals surface area contributed by atoms with Crippen LogP contribution in [0.4, 0.5) is 19.3 Å². The number of alkyl carbamates (subject to hydrolysis) is 1. The number of nitrogens with zero attached hydrogens (tertiary/aromatic N) is 2. The van der Waals surface area contributed by atoms with Crippen molar-refractivity contribution in [1.82, 2.24) is 10.3 Å². The van der Waals surface area contributed by atoms with Crippen molar-refractivity contribution in [1.29, 1.82) is 0 Å². The third kappa shape index (κ3) is 4.46. The van der Waals surface area contributed by atoms with E-state index in [2.05, 4.69) is 10.3 Å². The highest BCUT2D eigenvalue weighted by molar-refractivity contribution is 5.91. The molecule has 7 heteroatoms. The van der Waals surface area contributed by atoms with Gasteiger partial charge < -0.3 is 15.0 Å². The van der Waals surface area contributed by atoms with Gasteiger partial charge in [-0.1, -0.05) is 0 Å². The number of amides is 1. The van der Waals surface area contributed by atoms with Gasteiger partial charge in [-0.15, -0.1) is 0 Å². The Morgan fingerprint density at radius 2 is 2.04 bits per heavy atom. The van der Waals surface area contributed by atoms with Crippen molar-refractivity contribution in [3.63, 3.8) is 0 Å². The highest BCUT2D eigenvalue weighted by Gasteiger charge is 2.32. The number of hydrogen-bond donors (Lipinski definition) is 1. The van der Waals surface area contributed by atoms with Crippen molar-refractivity contribution in [3.05, 3.63) is 35.8 Å². The van der Waals surface area contributed by atoms with E-state index >= 15 is 0 Å². The summed E-state index contributed by atoms with van der Waals surface area (Å²) in [6.45, 7) is 7.74. The Bertz CT molecular complexity index is 851. The summed E-state index contributed by atoms with van der Waals surface area (Å²) in [6.07, 6.45) is -1.46. The van der Waals surface area contributed by atoms with Gasteiger partial charge in [0.15, 0.2) is 0 Å². The molecule has 0 saturated carbocycles. The first kappa shape index (κ1) is 19.3. The maximum atomic E-state index is 14.7. The zero-order valence-corrected chi connectivity index (χ0v) is 16.1. The van der Waals surface area contributed by atoms with Gasteiger partial charge in [0.2, 0.25) is 0 Å². The minimum atomic E-state index is -1.27. The van der Waals surface area contributed by atoms with Crippen molar-refractivity contribution in [2.45, 2.75) is 51.9 Å². The summed E-state index contributed by atoms with van der Waals surface area (Å²) in [5, 5.41) is 3.03. The molecule has 0 bridgehead atoms. The van der Waals surface area contributed by atoms with Gasteiger partial charge in [0.1, 0.15) is 17.6 Å². The lowest BCUT2D eigenvalue weighted by molar-refractivity contribution is 0.0463. The maximum absolute atomic E-state index is 14.7. The predicted octanol–water partition coefficient (Wildman–Crippen LogP) is 4.12. The maximum Gasteiger partial charge on any atom is 0.407 e. The lowest BCUT2D eigenvalue weighted by Crippen LogP contribution is -2.53. The molecule has 2 heterocycles. The number of nitrogens with one attached hydrogen (secondary N) is 1. The molecule has 146 valence electrons. The number of piperidine rings is 1. The number of rotatable bonds is 2. The molecule has 0 unspecified atom stereocenters. The quantitative estimate of drug-likeness (QED) is 0.855. The van der Waals surface area contributed by atoms with Gasteiger partial charge in [-0.05, 0) is 58.4 Å². The number of aromatic nitrogens is 1. The number of halogens is 2. The van der Waals surface area contributed by atoms with Gasteiger partial charge in [-0.2, -0.15) is 0 Å². The molecule has 0 radical (unpaired) electrons. The molecule has 2 atom stereocenters. The Morgan fingerprint density at radius 1 is 1.30 bits per heavy atom. The number of benzene rings is 1. The van der Waals surface area contributed by atoms with E-state index < -0.39 is 23.9 Å². The first-order valence-corrected chi connectivity index (χ1v) is 9.08. The third-order valence-electron chi connectivity index (χ3n) is 4.51. The van der Waals surface area contributed by atoms with Gasteiger partial charge in [-0.25, -0.2) is 13.6 Å². The zero-order chi connectivity index (χ0) is 19.8. The molecule has 0 aliphatic carbocycles. The van der Waals surface area contributed by atoms with Crippen LogP contribution in [0.3, 0.4) is 0 Å². The van der Waals surface area contributed by atoms with E-state index in [9.17, 15) is 13.6 Å². The molecule has 1 saturated heterocycles. The minimum Gasteiger partial charge on any atom is -0.444 e. The topological polar surface area (TPSA) is 54.5 Å². The fraction of sp³-hybridized carbons (Fsp3) is 0.500. The monoisotopic (exact) mass is 377 g/mol. The summed E-state index contributed by atoms with van der Waals surface area (Å²) in [5.41, 5.74) is 1.37. The average Bonchev–Trinajstić information content (AvgIpc) is 2.55. The Kier molecular flexibility index (Phi) is 5.22. The number of fused-ring (bicyclic) bond motifs is 1. The number of hydrogen-bond acceptors (Lipinski definition) is 4. The first-order chi connectivity index (χ1) is 12.6. The van der Waals surface area contributed by atoms with Crippen LogP contribution in [-0.4, -0.2) is 42.0 Å². The predicted molar refractivity (Wildman–Crippen MR) is 101 cm³/mol. The molecule has 1 N–H and O–H groups in total. The molecule has 1 aliphatic heterocycles. The molecular formula is C20H25F2N3O2. The second kappa shape index (κ2) is 7.29. The van der Waals surface area contributed by atoms with Crippen LogP contribution in [0.5, 0.6) is 0 Å². The summed E-state index contributed by atoms with van der Waals surface area (Å²) in [6, 6.07) is 5.85. The number of alkyl halides is 1. The lowest BCUT2D eigenvalue weighted by Gasteiger charge is -2.37. The van der Waals surface area contributed by atoms with Gasteiger partial charge in [0.25, 0.3) is 0 Å². The molecule has 1 fully saturated rings. The van der Waals surface area contributed by atoms with Crippen LogP contribution in [0, 0.1) is 12.7 Å². The van der Waals surface area contributed by atoms with Crippen LogP contribution in [-0.2, 0) is 4.74 Å². The molecule has 1 aliphatic rings. The van der Waals surface area contributed by atoms with E-state index in [1.54, 1.807) is 39.0 Å². The number of pyridine rings is 1. The summed E-state index contributed by atoms with van der Waals surface area (Å²) >= 11 is 0. The van der Waals surface area contributed by atoms with Crippen LogP contribution in [0.2, 0.25) is 0 Å². The number of ether oxygens (including phenoxy) is 1. The van der Waals surface area contributed by atoms with Gasteiger partial charge in [0.05, 0.1) is 23.8 Å². The first-order valence-electron chi connectivity index (χ1n) is 9.08. The lowest BCUT2D eigenvalue weighted by atomic mass is 10.0. The molecule has 1 amide bonds.